The third-order valence-corrected chi connectivity index (χ3v) is 4.52. The Morgan fingerprint density at radius 3 is 2.72 bits per heavy atom. The fourth-order valence-electron chi connectivity index (χ4n) is 3.68. The number of nitrogens with two attached hydrogens (primary N) is 1. The first-order valence-corrected chi connectivity index (χ1v) is 6.25. The minimum Gasteiger partial charge on any atom is -0.465 e. The Bertz CT molecular complexity index is 398. The number of piperidine rings is 1. The van der Waals surface area contributed by atoms with Gasteiger partial charge >= 0.3 is 6.09 Å². The van der Waals surface area contributed by atoms with Crippen LogP contribution in [-0.2, 0) is 9.59 Å². The summed E-state index contributed by atoms with van der Waals surface area (Å²) in [6.07, 6.45) is 1.93. The van der Waals surface area contributed by atoms with Crippen LogP contribution in [0.4, 0.5) is 4.79 Å². The summed E-state index contributed by atoms with van der Waals surface area (Å²) in [4.78, 5) is 35.4. The Labute approximate surface area is 105 Å². The van der Waals surface area contributed by atoms with Gasteiger partial charge in [0, 0.05) is 12.0 Å². The zero-order chi connectivity index (χ0) is 13.5. The monoisotopic (exact) mass is 254 g/mol. The molecule has 2 fully saturated rings. The summed E-state index contributed by atoms with van der Waals surface area (Å²) in [5.74, 6) is -0.868. The average molecular weight is 254 g/mol. The van der Waals surface area contributed by atoms with Gasteiger partial charge in [-0.2, -0.15) is 0 Å². The van der Waals surface area contributed by atoms with Crippen molar-refractivity contribution in [2.24, 2.45) is 17.6 Å². The molecule has 3 N–H and O–H groups in total. The first kappa shape index (κ1) is 12.9. The van der Waals surface area contributed by atoms with Crippen LogP contribution in [0.15, 0.2) is 0 Å². The number of aldehydes is 1. The van der Waals surface area contributed by atoms with Crippen LogP contribution >= 0.6 is 0 Å². The molecule has 1 heterocycles. The fourth-order valence-corrected chi connectivity index (χ4v) is 3.68. The third-order valence-electron chi connectivity index (χ3n) is 4.52. The van der Waals surface area contributed by atoms with Crippen molar-refractivity contribution in [1.82, 2.24) is 4.90 Å². The number of carbonyl (C=O) groups is 3. The molecule has 100 valence electrons. The van der Waals surface area contributed by atoms with Crippen LogP contribution in [0.25, 0.3) is 0 Å². The molecular formula is C12H18N2O4. The number of carbonyl (C=O) groups excluding carboxylic acids is 2. The van der Waals surface area contributed by atoms with Gasteiger partial charge in [0.2, 0.25) is 5.91 Å². The number of hydrogen-bond acceptors (Lipinski definition) is 3. The van der Waals surface area contributed by atoms with Gasteiger partial charge in [0.05, 0.1) is 0 Å². The molecule has 0 aromatic heterocycles. The summed E-state index contributed by atoms with van der Waals surface area (Å²) in [7, 11) is 0. The highest BCUT2D eigenvalue weighted by atomic mass is 16.4. The van der Waals surface area contributed by atoms with Crippen molar-refractivity contribution >= 4 is 18.3 Å². The molecule has 1 aliphatic carbocycles. The number of rotatable bonds is 4. The highest BCUT2D eigenvalue weighted by Crippen LogP contribution is 2.52. The van der Waals surface area contributed by atoms with Gasteiger partial charge in [-0.05, 0) is 31.6 Å². The second-order valence-electron chi connectivity index (χ2n) is 5.25. The Balaban J connectivity index is 2.41. The maximum Gasteiger partial charge on any atom is 0.408 e. The number of fused-ring (bicyclic) bond motifs is 2. The number of carboxylic acid groups (broad SMARTS) is 1. The standard InChI is InChI=1S/C12H18N2O4/c1-2-7(6-15)9-8-3-4-12(5-8,10(13)16)14(9)11(17)18/h6-9H,2-5H2,1H3,(H2,13,16)(H,17,18). The summed E-state index contributed by atoms with van der Waals surface area (Å²) >= 11 is 0. The maximum absolute atomic E-state index is 11.7. The lowest BCUT2D eigenvalue weighted by Crippen LogP contribution is -2.60. The summed E-state index contributed by atoms with van der Waals surface area (Å²) in [5, 5.41) is 9.36. The quantitative estimate of drug-likeness (QED) is 0.717. The Morgan fingerprint density at radius 2 is 2.28 bits per heavy atom. The molecule has 2 rings (SSSR count). The molecule has 4 atom stereocenters. The molecule has 2 aliphatic rings. The van der Waals surface area contributed by atoms with Crippen molar-refractivity contribution in [3.05, 3.63) is 0 Å². The van der Waals surface area contributed by atoms with Crippen molar-refractivity contribution < 1.29 is 19.5 Å². The number of amides is 2. The summed E-state index contributed by atoms with van der Waals surface area (Å²) in [6, 6.07) is -0.397. The van der Waals surface area contributed by atoms with E-state index in [2.05, 4.69) is 0 Å². The van der Waals surface area contributed by atoms with E-state index in [9.17, 15) is 19.5 Å². The molecular weight excluding hydrogens is 236 g/mol. The normalized spacial score (nSPS) is 35.5. The second-order valence-corrected chi connectivity index (χ2v) is 5.25. The van der Waals surface area contributed by atoms with E-state index < -0.39 is 23.6 Å². The first-order chi connectivity index (χ1) is 8.47. The van der Waals surface area contributed by atoms with Crippen LogP contribution in [0, 0.1) is 11.8 Å². The van der Waals surface area contributed by atoms with E-state index in [-0.39, 0.29) is 11.8 Å². The van der Waals surface area contributed by atoms with Gasteiger partial charge in [0.1, 0.15) is 11.8 Å². The maximum atomic E-state index is 11.7. The molecule has 1 saturated heterocycles. The van der Waals surface area contributed by atoms with Crippen LogP contribution in [0.2, 0.25) is 0 Å². The van der Waals surface area contributed by atoms with E-state index in [4.69, 9.17) is 5.73 Å². The SMILES string of the molecule is CCC(C=O)C1C2CCC(C(N)=O)(C2)N1C(=O)O. The molecule has 2 bridgehead atoms. The Hall–Kier alpha value is -1.59. The van der Waals surface area contributed by atoms with E-state index >= 15 is 0 Å². The molecule has 1 saturated carbocycles. The van der Waals surface area contributed by atoms with Crippen molar-refractivity contribution in [2.45, 2.75) is 44.2 Å². The van der Waals surface area contributed by atoms with Gasteiger partial charge in [-0.15, -0.1) is 0 Å². The van der Waals surface area contributed by atoms with Gasteiger partial charge < -0.3 is 15.6 Å². The average Bonchev–Trinajstić information content (AvgIpc) is 2.87. The number of primary amides is 1. The first-order valence-electron chi connectivity index (χ1n) is 6.25. The number of nitrogens with zero attached hydrogens (tertiary/aromatic N) is 1. The third kappa shape index (κ3) is 1.51. The van der Waals surface area contributed by atoms with Gasteiger partial charge in [0.25, 0.3) is 0 Å². The lowest BCUT2D eigenvalue weighted by molar-refractivity contribution is -0.130. The highest BCUT2D eigenvalue weighted by molar-refractivity contribution is 5.90. The molecule has 2 amide bonds. The summed E-state index contributed by atoms with van der Waals surface area (Å²) < 4.78 is 0. The van der Waals surface area contributed by atoms with E-state index in [1.54, 1.807) is 0 Å². The lowest BCUT2D eigenvalue weighted by atomic mass is 9.86. The molecule has 0 spiro atoms. The van der Waals surface area contributed by atoms with Crippen LogP contribution in [0.5, 0.6) is 0 Å². The van der Waals surface area contributed by atoms with E-state index in [1.807, 2.05) is 6.92 Å². The Kier molecular flexibility index (Phi) is 3.04. The fraction of sp³-hybridized carbons (Fsp3) is 0.750. The van der Waals surface area contributed by atoms with Crippen molar-refractivity contribution in [3.63, 3.8) is 0 Å². The summed E-state index contributed by atoms with van der Waals surface area (Å²) in [5.41, 5.74) is 4.33. The predicted octanol–water partition coefficient (Wildman–Crippen LogP) is 0.598. The molecule has 18 heavy (non-hydrogen) atoms. The molecule has 0 aromatic carbocycles. The zero-order valence-corrected chi connectivity index (χ0v) is 10.3. The lowest BCUT2D eigenvalue weighted by Gasteiger charge is -2.41. The van der Waals surface area contributed by atoms with Gasteiger partial charge in [-0.3, -0.25) is 9.69 Å². The molecule has 0 aromatic rings. The van der Waals surface area contributed by atoms with Crippen molar-refractivity contribution in [1.29, 1.82) is 0 Å². The molecule has 4 unspecified atom stereocenters. The van der Waals surface area contributed by atoms with Crippen molar-refractivity contribution in [3.8, 4) is 0 Å². The minimum atomic E-state index is -1.15. The number of likely N-dealkylation sites (tertiary alicyclic amines) is 1. The molecule has 0 radical (unpaired) electrons. The van der Waals surface area contributed by atoms with E-state index in [0.29, 0.717) is 19.3 Å². The van der Waals surface area contributed by atoms with E-state index in [0.717, 1.165) is 17.6 Å². The minimum absolute atomic E-state index is 0.0729. The van der Waals surface area contributed by atoms with Gasteiger partial charge in [-0.1, -0.05) is 6.92 Å². The van der Waals surface area contributed by atoms with Crippen molar-refractivity contribution in [2.75, 3.05) is 0 Å². The second kappa shape index (κ2) is 4.26. The van der Waals surface area contributed by atoms with Gasteiger partial charge in [0.15, 0.2) is 0 Å². The molecule has 1 aliphatic heterocycles. The van der Waals surface area contributed by atoms with Crippen LogP contribution < -0.4 is 5.73 Å². The smallest absolute Gasteiger partial charge is 0.408 e. The zero-order valence-electron chi connectivity index (χ0n) is 10.3. The van der Waals surface area contributed by atoms with Gasteiger partial charge in [-0.25, -0.2) is 4.79 Å². The summed E-state index contributed by atoms with van der Waals surface area (Å²) in [6.45, 7) is 1.85. The van der Waals surface area contributed by atoms with E-state index in [1.165, 1.54) is 0 Å². The number of hydrogen-bond donors (Lipinski definition) is 2. The molecule has 6 nitrogen and oxygen atoms in total. The Morgan fingerprint density at radius 1 is 1.61 bits per heavy atom. The molecule has 6 heteroatoms. The largest absolute Gasteiger partial charge is 0.465 e. The van der Waals surface area contributed by atoms with Crippen LogP contribution in [-0.4, -0.2) is 39.9 Å². The highest BCUT2D eigenvalue weighted by Gasteiger charge is 2.62. The van der Waals surface area contributed by atoms with Crippen LogP contribution in [0.3, 0.4) is 0 Å². The van der Waals surface area contributed by atoms with Crippen LogP contribution in [0.1, 0.15) is 32.6 Å². The topological polar surface area (TPSA) is 101 Å². The predicted molar refractivity (Wildman–Crippen MR) is 62.8 cm³/mol.